The maximum absolute atomic E-state index is 11.9. The van der Waals surface area contributed by atoms with Gasteiger partial charge in [0.2, 0.25) is 5.82 Å². The Morgan fingerprint density at radius 2 is 2.42 bits per heavy atom. The van der Waals surface area contributed by atoms with E-state index in [1.165, 1.54) is 0 Å². The molecule has 7 heteroatoms. The van der Waals surface area contributed by atoms with Crippen LogP contribution < -0.4 is 5.32 Å². The lowest BCUT2D eigenvalue weighted by Crippen LogP contribution is -2.26. The summed E-state index contributed by atoms with van der Waals surface area (Å²) in [5.74, 6) is 0.385. The van der Waals surface area contributed by atoms with Gasteiger partial charge >= 0.3 is 0 Å². The Morgan fingerprint density at radius 1 is 1.47 bits per heavy atom. The highest BCUT2D eigenvalue weighted by molar-refractivity contribution is 5.94. The highest BCUT2D eigenvalue weighted by Gasteiger charge is 2.23. The molecule has 1 amide bonds. The molecule has 0 spiro atoms. The molecule has 2 N–H and O–H groups in total. The SMILES string of the molecule is O=C(Nc1cccc(-c2nn[nH]n2)c1)[C@@H]1CCCO1. The number of carbonyl (C=O) groups excluding carboxylic acids is 1. The van der Waals surface area contributed by atoms with Crippen LogP contribution in [0.5, 0.6) is 0 Å². The van der Waals surface area contributed by atoms with Gasteiger partial charge < -0.3 is 10.1 Å². The largest absolute Gasteiger partial charge is 0.368 e. The number of nitrogens with one attached hydrogen (secondary N) is 2. The van der Waals surface area contributed by atoms with Gasteiger partial charge in [-0.15, -0.1) is 10.2 Å². The molecule has 0 aliphatic carbocycles. The number of benzene rings is 1. The van der Waals surface area contributed by atoms with Crippen molar-refractivity contribution in [1.82, 2.24) is 20.6 Å². The van der Waals surface area contributed by atoms with Crippen LogP contribution in [0.1, 0.15) is 12.8 Å². The van der Waals surface area contributed by atoms with Gasteiger partial charge in [0.1, 0.15) is 6.10 Å². The van der Waals surface area contributed by atoms with Gasteiger partial charge in [0.15, 0.2) is 0 Å². The summed E-state index contributed by atoms with van der Waals surface area (Å²) < 4.78 is 5.34. The van der Waals surface area contributed by atoms with Gasteiger partial charge in [-0.3, -0.25) is 4.79 Å². The van der Waals surface area contributed by atoms with E-state index >= 15 is 0 Å². The van der Waals surface area contributed by atoms with E-state index in [4.69, 9.17) is 4.74 Å². The average Bonchev–Trinajstić information content (AvgIpc) is 3.13. The molecule has 0 radical (unpaired) electrons. The van der Waals surface area contributed by atoms with Crippen molar-refractivity contribution in [2.75, 3.05) is 11.9 Å². The standard InChI is InChI=1S/C12H13N5O2/c18-12(10-5-2-6-19-10)13-9-4-1-3-8(7-9)11-14-16-17-15-11/h1,3-4,7,10H,2,5-6H2,(H,13,18)(H,14,15,16,17)/t10-/m0/s1. The second kappa shape index (κ2) is 5.15. The van der Waals surface area contributed by atoms with Crippen LogP contribution in [-0.2, 0) is 9.53 Å². The van der Waals surface area contributed by atoms with Crippen molar-refractivity contribution in [2.24, 2.45) is 0 Å². The van der Waals surface area contributed by atoms with Crippen LogP contribution in [0.15, 0.2) is 24.3 Å². The molecule has 1 atom stereocenters. The lowest BCUT2D eigenvalue weighted by atomic mass is 10.1. The Hall–Kier alpha value is -2.28. The number of aromatic nitrogens is 4. The summed E-state index contributed by atoms with van der Waals surface area (Å²) >= 11 is 0. The van der Waals surface area contributed by atoms with Crippen molar-refractivity contribution < 1.29 is 9.53 Å². The minimum Gasteiger partial charge on any atom is -0.368 e. The van der Waals surface area contributed by atoms with E-state index in [0.717, 1.165) is 18.4 Å². The fourth-order valence-electron chi connectivity index (χ4n) is 2.03. The highest BCUT2D eigenvalue weighted by atomic mass is 16.5. The number of nitrogens with zero attached hydrogens (tertiary/aromatic N) is 3. The van der Waals surface area contributed by atoms with E-state index < -0.39 is 0 Å². The molecule has 1 aliphatic heterocycles. The van der Waals surface area contributed by atoms with Gasteiger partial charge in [0.05, 0.1) is 0 Å². The molecule has 2 aromatic rings. The van der Waals surface area contributed by atoms with Crippen LogP contribution in [0.2, 0.25) is 0 Å². The number of amides is 1. The second-order valence-electron chi connectivity index (χ2n) is 4.31. The lowest BCUT2D eigenvalue weighted by molar-refractivity contribution is -0.124. The third-order valence-corrected chi connectivity index (χ3v) is 2.96. The number of hydrogen-bond acceptors (Lipinski definition) is 5. The summed E-state index contributed by atoms with van der Waals surface area (Å²) in [6.07, 6.45) is 1.37. The number of anilines is 1. The summed E-state index contributed by atoms with van der Waals surface area (Å²) in [5, 5.41) is 16.5. The molecule has 3 rings (SSSR count). The van der Waals surface area contributed by atoms with Crippen LogP contribution in [0.3, 0.4) is 0 Å². The van der Waals surface area contributed by atoms with E-state index in [1.807, 2.05) is 18.2 Å². The van der Waals surface area contributed by atoms with Gasteiger partial charge in [-0.1, -0.05) is 12.1 Å². The van der Waals surface area contributed by atoms with Crippen LogP contribution in [0.25, 0.3) is 11.4 Å². The first kappa shape index (κ1) is 11.8. The fraction of sp³-hybridized carbons (Fsp3) is 0.333. The molecule has 19 heavy (non-hydrogen) atoms. The normalized spacial score (nSPS) is 18.4. The first-order valence-electron chi connectivity index (χ1n) is 6.09. The fourth-order valence-corrected chi connectivity index (χ4v) is 2.03. The van der Waals surface area contributed by atoms with Gasteiger partial charge in [0.25, 0.3) is 5.91 Å². The molecule has 98 valence electrons. The molecule has 1 aromatic heterocycles. The van der Waals surface area contributed by atoms with Crippen molar-refractivity contribution in [3.8, 4) is 11.4 Å². The predicted octanol–water partition coefficient (Wildman–Crippen LogP) is 0.984. The molecule has 1 saturated heterocycles. The Bertz CT molecular complexity index is 563. The predicted molar refractivity (Wildman–Crippen MR) is 67.2 cm³/mol. The van der Waals surface area contributed by atoms with Gasteiger partial charge in [0, 0.05) is 17.9 Å². The van der Waals surface area contributed by atoms with Crippen LogP contribution in [0, 0.1) is 0 Å². The number of H-pyrrole nitrogens is 1. The average molecular weight is 259 g/mol. The van der Waals surface area contributed by atoms with Crippen LogP contribution >= 0.6 is 0 Å². The summed E-state index contributed by atoms with van der Waals surface area (Å²) in [6, 6.07) is 7.30. The monoisotopic (exact) mass is 259 g/mol. The molecule has 2 heterocycles. The number of tetrazole rings is 1. The maximum atomic E-state index is 11.9. The Kier molecular flexibility index (Phi) is 3.20. The molecule has 7 nitrogen and oxygen atoms in total. The molecule has 0 saturated carbocycles. The smallest absolute Gasteiger partial charge is 0.253 e. The maximum Gasteiger partial charge on any atom is 0.253 e. The molecular weight excluding hydrogens is 246 g/mol. The first-order valence-corrected chi connectivity index (χ1v) is 6.09. The molecule has 1 fully saturated rings. The zero-order chi connectivity index (χ0) is 13.1. The van der Waals surface area contributed by atoms with Crippen molar-refractivity contribution in [2.45, 2.75) is 18.9 Å². The summed E-state index contributed by atoms with van der Waals surface area (Å²) in [7, 11) is 0. The number of rotatable bonds is 3. The highest BCUT2D eigenvalue weighted by Crippen LogP contribution is 2.20. The number of aromatic amines is 1. The van der Waals surface area contributed by atoms with E-state index in [9.17, 15) is 4.79 Å². The molecule has 1 aromatic carbocycles. The van der Waals surface area contributed by atoms with Gasteiger partial charge in [-0.25, -0.2) is 0 Å². The molecular formula is C12H13N5O2. The van der Waals surface area contributed by atoms with Gasteiger partial charge in [-0.05, 0) is 30.2 Å². The summed E-state index contributed by atoms with van der Waals surface area (Å²) in [6.45, 7) is 0.654. The van der Waals surface area contributed by atoms with Crippen molar-refractivity contribution in [3.63, 3.8) is 0 Å². The topological polar surface area (TPSA) is 92.8 Å². The quantitative estimate of drug-likeness (QED) is 0.857. The lowest BCUT2D eigenvalue weighted by Gasteiger charge is -2.10. The summed E-state index contributed by atoms with van der Waals surface area (Å²) in [5.41, 5.74) is 1.49. The van der Waals surface area contributed by atoms with E-state index in [-0.39, 0.29) is 12.0 Å². The molecule has 1 aliphatic rings. The Labute approximate surface area is 109 Å². The van der Waals surface area contributed by atoms with Crippen molar-refractivity contribution in [1.29, 1.82) is 0 Å². The van der Waals surface area contributed by atoms with Crippen LogP contribution in [-0.4, -0.2) is 39.2 Å². The Balaban J connectivity index is 1.74. The number of carbonyl (C=O) groups is 1. The molecule has 0 unspecified atom stereocenters. The van der Waals surface area contributed by atoms with Gasteiger partial charge in [-0.2, -0.15) is 5.21 Å². The first-order chi connectivity index (χ1) is 9.33. The zero-order valence-electron chi connectivity index (χ0n) is 10.2. The van der Waals surface area contributed by atoms with E-state index in [1.54, 1.807) is 6.07 Å². The van der Waals surface area contributed by atoms with Crippen LogP contribution in [0.4, 0.5) is 5.69 Å². The third kappa shape index (κ3) is 2.60. The van der Waals surface area contributed by atoms with Crippen molar-refractivity contribution >= 4 is 11.6 Å². The zero-order valence-corrected chi connectivity index (χ0v) is 10.2. The molecule has 0 bridgehead atoms. The second-order valence-corrected chi connectivity index (χ2v) is 4.31. The number of hydrogen-bond donors (Lipinski definition) is 2. The summed E-state index contributed by atoms with van der Waals surface area (Å²) in [4.78, 5) is 11.9. The Morgan fingerprint density at radius 3 is 3.16 bits per heavy atom. The minimum absolute atomic E-state index is 0.109. The third-order valence-electron chi connectivity index (χ3n) is 2.96. The minimum atomic E-state index is -0.339. The van der Waals surface area contributed by atoms with E-state index in [0.29, 0.717) is 18.1 Å². The number of ether oxygens (including phenoxy) is 1. The van der Waals surface area contributed by atoms with Crippen molar-refractivity contribution in [3.05, 3.63) is 24.3 Å². The van der Waals surface area contributed by atoms with E-state index in [2.05, 4.69) is 25.9 Å².